The minimum atomic E-state index is -4.07. The molecule has 3 aromatic heterocycles. The summed E-state index contributed by atoms with van der Waals surface area (Å²) >= 11 is 7.55. The molecule has 0 aliphatic heterocycles. The summed E-state index contributed by atoms with van der Waals surface area (Å²) in [6.07, 6.45) is 5.66. The number of aromatic nitrogens is 3. The van der Waals surface area contributed by atoms with E-state index in [9.17, 15) is 18.3 Å². The maximum Gasteiger partial charge on any atom is 0.333 e. The Balaban J connectivity index is 1.29. The van der Waals surface area contributed by atoms with Crippen LogP contribution in [0, 0.1) is 11.8 Å². The molecule has 9 nitrogen and oxygen atoms in total. The highest BCUT2D eigenvalue weighted by atomic mass is 35.5. The molecule has 3 atom stereocenters. The molecule has 1 aromatic carbocycles. The van der Waals surface area contributed by atoms with Gasteiger partial charge >= 0.3 is 10.3 Å². The van der Waals surface area contributed by atoms with Crippen molar-refractivity contribution < 1.29 is 22.5 Å². The van der Waals surface area contributed by atoms with Gasteiger partial charge in [0.05, 0.1) is 28.8 Å². The predicted molar refractivity (Wildman–Crippen MR) is 141 cm³/mol. The number of fused-ring (bicyclic) bond motifs is 1. The Morgan fingerprint density at radius 3 is 2.92 bits per heavy atom. The normalized spacial score (nSPS) is 20.0. The molecule has 0 saturated heterocycles. The van der Waals surface area contributed by atoms with Crippen LogP contribution < -0.4 is 5.14 Å². The first-order valence-electron chi connectivity index (χ1n) is 11.7. The molecular weight excluding hydrogens is 536 g/mol. The van der Waals surface area contributed by atoms with Gasteiger partial charge in [-0.2, -0.15) is 8.42 Å². The number of aliphatic hydroxyl groups excluding tert-OH is 1. The Kier molecular flexibility index (Phi) is 7.44. The molecule has 37 heavy (non-hydrogen) atoms. The Bertz CT molecular complexity index is 1550. The average molecular weight is 561 g/mol. The number of rotatable bonds is 9. The highest BCUT2D eigenvalue weighted by Crippen LogP contribution is 2.34. The third kappa shape index (κ3) is 6.08. The number of thiophene rings is 1. The van der Waals surface area contributed by atoms with Crippen LogP contribution in [-0.4, -0.2) is 46.6 Å². The quantitative estimate of drug-likeness (QED) is 0.298. The summed E-state index contributed by atoms with van der Waals surface area (Å²) in [4.78, 5) is 22.4. The van der Waals surface area contributed by atoms with Crippen LogP contribution in [0.2, 0.25) is 5.02 Å². The molecule has 3 heterocycles. The van der Waals surface area contributed by atoms with Gasteiger partial charge in [-0.1, -0.05) is 17.7 Å². The third-order valence-corrected chi connectivity index (χ3v) is 8.37. The van der Waals surface area contributed by atoms with E-state index in [1.165, 1.54) is 23.9 Å². The first-order valence-corrected chi connectivity index (χ1v) is 14.4. The van der Waals surface area contributed by atoms with E-state index in [1.807, 2.05) is 41.9 Å². The molecule has 0 bridgehead atoms. The minimum Gasteiger partial charge on any atom is -0.393 e. The molecule has 0 radical (unpaired) electrons. The number of carbonyl (C=O) groups is 1. The molecule has 12 heteroatoms. The van der Waals surface area contributed by atoms with Crippen LogP contribution in [0.15, 0.2) is 54.4 Å². The van der Waals surface area contributed by atoms with Gasteiger partial charge in [-0.15, -0.1) is 11.3 Å². The van der Waals surface area contributed by atoms with Crippen molar-refractivity contribution >= 4 is 49.9 Å². The zero-order valence-corrected chi connectivity index (χ0v) is 22.0. The predicted octanol–water partition coefficient (Wildman–Crippen LogP) is 3.58. The summed E-state index contributed by atoms with van der Waals surface area (Å²) in [6.45, 7) is 0.431. The van der Waals surface area contributed by atoms with Crippen molar-refractivity contribution in [3.8, 4) is 0 Å². The Morgan fingerprint density at radius 2 is 2.11 bits per heavy atom. The molecule has 5 rings (SSSR count). The number of hydrogen-bond acceptors (Lipinski definition) is 8. The standard InChI is InChI=1S/C25H25ClN4O5S2/c26-19-2-1-17-3-4-30(22(17)9-19)11-16-8-24(36-13-16)25(32)20-10-28-14-29-21(20)6-15-5-18(23(31)7-15)12-35-37(27,33)34/h1-4,8-10,13-15,18,23,31H,5-7,11-12H2,(H2,27,33,34)/t15-,18+,23-/m0/s1. The van der Waals surface area contributed by atoms with Crippen LogP contribution in [-0.2, 0) is 27.5 Å². The average Bonchev–Trinajstić information content (AvgIpc) is 3.57. The van der Waals surface area contributed by atoms with Gasteiger partial charge in [-0.3, -0.25) is 8.98 Å². The second kappa shape index (κ2) is 10.6. The number of carbonyl (C=O) groups excluding carboxylic acids is 1. The maximum atomic E-state index is 13.4. The number of ketones is 1. The van der Waals surface area contributed by atoms with Gasteiger partial charge in [0.15, 0.2) is 0 Å². The Labute approximate surface area is 223 Å². The monoisotopic (exact) mass is 560 g/mol. The number of hydrogen-bond donors (Lipinski definition) is 2. The highest BCUT2D eigenvalue weighted by molar-refractivity contribution is 7.84. The number of benzene rings is 1. The van der Waals surface area contributed by atoms with Gasteiger partial charge in [-0.05, 0) is 65.8 Å². The molecule has 1 aliphatic carbocycles. The number of halogens is 1. The van der Waals surface area contributed by atoms with Crippen LogP contribution in [0.1, 0.15) is 39.3 Å². The van der Waals surface area contributed by atoms with E-state index in [-0.39, 0.29) is 24.2 Å². The largest absolute Gasteiger partial charge is 0.393 e. The van der Waals surface area contributed by atoms with E-state index in [1.54, 1.807) is 0 Å². The minimum absolute atomic E-state index is 0.0123. The summed E-state index contributed by atoms with van der Waals surface area (Å²) in [6, 6.07) is 9.68. The van der Waals surface area contributed by atoms with Crippen molar-refractivity contribution in [2.24, 2.45) is 17.0 Å². The smallest absolute Gasteiger partial charge is 0.333 e. The van der Waals surface area contributed by atoms with E-state index in [0.717, 1.165) is 16.5 Å². The summed E-state index contributed by atoms with van der Waals surface area (Å²) in [5, 5.41) is 19.0. The molecular formula is C25H25ClN4O5S2. The van der Waals surface area contributed by atoms with Gasteiger partial charge < -0.3 is 9.67 Å². The van der Waals surface area contributed by atoms with E-state index in [0.29, 0.717) is 47.0 Å². The van der Waals surface area contributed by atoms with Gasteiger partial charge in [0, 0.05) is 35.4 Å². The Morgan fingerprint density at radius 1 is 1.27 bits per heavy atom. The van der Waals surface area contributed by atoms with Crippen molar-refractivity contribution in [1.29, 1.82) is 0 Å². The van der Waals surface area contributed by atoms with Crippen molar-refractivity contribution in [1.82, 2.24) is 14.5 Å². The molecule has 194 valence electrons. The fourth-order valence-electron chi connectivity index (χ4n) is 4.93. The fourth-order valence-corrected chi connectivity index (χ4v) is 6.31. The molecule has 1 aliphatic rings. The number of nitrogens with zero attached hydrogens (tertiary/aromatic N) is 3. The lowest BCUT2D eigenvalue weighted by Gasteiger charge is -2.13. The highest BCUT2D eigenvalue weighted by Gasteiger charge is 2.35. The zero-order valence-electron chi connectivity index (χ0n) is 19.7. The molecule has 3 N–H and O–H groups in total. The summed E-state index contributed by atoms with van der Waals surface area (Å²) < 4.78 is 29.0. The van der Waals surface area contributed by atoms with Gasteiger partial charge in [0.2, 0.25) is 5.78 Å². The van der Waals surface area contributed by atoms with Gasteiger partial charge in [0.25, 0.3) is 0 Å². The lowest BCUT2D eigenvalue weighted by molar-refractivity contribution is 0.100. The number of nitrogens with two attached hydrogens (primary N) is 1. The molecule has 4 aromatic rings. The van der Waals surface area contributed by atoms with Crippen LogP contribution in [0.4, 0.5) is 0 Å². The maximum absolute atomic E-state index is 13.4. The lowest BCUT2D eigenvalue weighted by Crippen LogP contribution is -2.24. The Hall–Kier alpha value is -2.67. The first-order chi connectivity index (χ1) is 17.7. The van der Waals surface area contributed by atoms with Crippen LogP contribution in [0.5, 0.6) is 0 Å². The first kappa shape index (κ1) is 26.0. The van der Waals surface area contributed by atoms with Gasteiger partial charge in [0.1, 0.15) is 6.33 Å². The number of aliphatic hydroxyl groups is 1. The molecule has 1 saturated carbocycles. The van der Waals surface area contributed by atoms with Crippen molar-refractivity contribution in [3.05, 3.63) is 81.2 Å². The van der Waals surface area contributed by atoms with Crippen LogP contribution in [0.3, 0.4) is 0 Å². The summed E-state index contributed by atoms with van der Waals surface area (Å²) in [5.41, 5.74) is 3.05. The summed E-state index contributed by atoms with van der Waals surface area (Å²) in [7, 11) is -4.07. The van der Waals surface area contributed by atoms with Crippen LogP contribution in [0.25, 0.3) is 10.9 Å². The lowest BCUT2D eigenvalue weighted by atomic mass is 9.96. The van der Waals surface area contributed by atoms with Crippen LogP contribution >= 0.6 is 22.9 Å². The summed E-state index contributed by atoms with van der Waals surface area (Å²) in [5.74, 6) is -0.498. The van der Waals surface area contributed by atoms with E-state index in [2.05, 4.69) is 18.7 Å². The second-order valence-corrected chi connectivity index (χ2v) is 11.9. The SMILES string of the molecule is NS(=O)(=O)OC[C@H]1C[C@@H](Cc2ncncc2C(=O)c2cc(Cn3ccc4ccc(Cl)cc43)cs2)C[C@@H]1O. The van der Waals surface area contributed by atoms with E-state index in [4.69, 9.17) is 16.7 Å². The van der Waals surface area contributed by atoms with Crippen molar-refractivity contribution in [2.45, 2.75) is 31.9 Å². The van der Waals surface area contributed by atoms with E-state index >= 15 is 0 Å². The topological polar surface area (TPSA) is 137 Å². The molecule has 0 amide bonds. The molecule has 1 fully saturated rings. The zero-order chi connectivity index (χ0) is 26.2. The van der Waals surface area contributed by atoms with Crippen molar-refractivity contribution in [2.75, 3.05) is 6.61 Å². The molecule has 0 spiro atoms. The fraction of sp³-hybridized carbons (Fsp3) is 0.320. The van der Waals surface area contributed by atoms with E-state index < -0.39 is 16.4 Å². The second-order valence-electron chi connectivity index (χ2n) is 9.32. The molecule has 0 unspecified atom stereocenters. The third-order valence-electron chi connectivity index (χ3n) is 6.69. The van der Waals surface area contributed by atoms with Crippen molar-refractivity contribution in [3.63, 3.8) is 0 Å². The van der Waals surface area contributed by atoms with Gasteiger partial charge in [-0.25, -0.2) is 15.1 Å².